The number of carbonyl (C=O) groups is 1. The molecule has 0 saturated heterocycles. The van der Waals surface area contributed by atoms with Crippen LogP contribution < -0.4 is 10.6 Å². The van der Waals surface area contributed by atoms with Gasteiger partial charge in [0.05, 0.1) is 6.61 Å². The highest BCUT2D eigenvalue weighted by atomic mass is 16.5. The molecule has 8 nitrogen and oxygen atoms in total. The summed E-state index contributed by atoms with van der Waals surface area (Å²) in [6, 6.07) is 0. The number of aliphatic imine (C=N–C) groups is 1. The van der Waals surface area contributed by atoms with E-state index in [0.29, 0.717) is 19.1 Å². The maximum Gasteiger partial charge on any atom is 0.243 e. The number of methoxy groups -OCH3 is 2. The lowest BCUT2D eigenvalue weighted by atomic mass is 10.4. The molecule has 0 atom stereocenters. The molecule has 0 heterocycles. The summed E-state index contributed by atoms with van der Waals surface area (Å²) in [4.78, 5) is 19.7. The number of rotatable bonds is 12. The van der Waals surface area contributed by atoms with Gasteiger partial charge in [0.2, 0.25) is 5.91 Å². The minimum absolute atomic E-state index is 0.0328. The molecule has 0 unspecified atom stereocenters. The third-order valence-corrected chi connectivity index (χ3v) is 3.14. The van der Waals surface area contributed by atoms with E-state index in [9.17, 15) is 4.79 Å². The molecule has 0 radical (unpaired) electrons. The summed E-state index contributed by atoms with van der Waals surface area (Å²) in [5.74, 6) is 0.595. The number of nitrogens with zero attached hydrogens (tertiary/aromatic N) is 3. The molecule has 0 aromatic heterocycles. The monoisotopic (exact) mass is 331 g/mol. The van der Waals surface area contributed by atoms with Gasteiger partial charge < -0.3 is 29.9 Å². The van der Waals surface area contributed by atoms with Crippen LogP contribution in [0.5, 0.6) is 0 Å². The first kappa shape index (κ1) is 21.6. The average molecular weight is 331 g/mol. The second-order valence-electron chi connectivity index (χ2n) is 5.45. The smallest absolute Gasteiger partial charge is 0.243 e. The summed E-state index contributed by atoms with van der Waals surface area (Å²) in [5, 5.41) is 6.38. The van der Waals surface area contributed by atoms with Crippen LogP contribution in [0.15, 0.2) is 4.99 Å². The van der Waals surface area contributed by atoms with Crippen molar-refractivity contribution >= 4 is 11.9 Å². The van der Waals surface area contributed by atoms with Gasteiger partial charge in [-0.15, -0.1) is 0 Å². The van der Waals surface area contributed by atoms with Gasteiger partial charge in [-0.1, -0.05) is 0 Å². The van der Waals surface area contributed by atoms with Crippen molar-refractivity contribution in [2.45, 2.75) is 6.42 Å². The Balaban J connectivity index is 4.19. The first-order valence-electron chi connectivity index (χ1n) is 7.90. The lowest BCUT2D eigenvalue weighted by molar-refractivity contribution is -0.127. The van der Waals surface area contributed by atoms with Gasteiger partial charge in [0.1, 0.15) is 6.54 Å². The van der Waals surface area contributed by atoms with Crippen LogP contribution in [0.3, 0.4) is 0 Å². The van der Waals surface area contributed by atoms with Gasteiger partial charge in [-0.25, -0.2) is 4.99 Å². The van der Waals surface area contributed by atoms with Crippen LogP contribution in [0.4, 0.5) is 0 Å². The van der Waals surface area contributed by atoms with E-state index in [0.717, 1.165) is 32.7 Å². The second-order valence-corrected chi connectivity index (χ2v) is 5.45. The minimum atomic E-state index is -0.0328. The predicted molar refractivity (Wildman–Crippen MR) is 92.9 cm³/mol. The SMILES string of the molecule is COCCCN(C)CCNC(=NCC(=O)N(C)C)NCCOC. The number of nitrogens with one attached hydrogen (secondary N) is 2. The summed E-state index contributed by atoms with van der Waals surface area (Å²) in [6.45, 7) is 4.74. The highest BCUT2D eigenvalue weighted by Gasteiger charge is 2.05. The van der Waals surface area contributed by atoms with E-state index in [2.05, 4.69) is 27.6 Å². The van der Waals surface area contributed by atoms with E-state index in [1.54, 1.807) is 28.3 Å². The zero-order valence-corrected chi connectivity index (χ0v) is 15.2. The van der Waals surface area contributed by atoms with Gasteiger partial charge >= 0.3 is 0 Å². The quantitative estimate of drug-likeness (QED) is 0.278. The van der Waals surface area contributed by atoms with Gasteiger partial charge in [0.15, 0.2) is 5.96 Å². The highest BCUT2D eigenvalue weighted by Crippen LogP contribution is 1.87. The molecule has 0 aliphatic carbocycles. The minimum Gasteiger partial charge on any atom is -0.385 e. The lowest BCUT2D eigenvalue weighted by Crippen LogP contribution is -2.43. The number of hydrogen-bond donors (Lipinski definition) is 2. The standard InChI is InChI=1S/C15H33N5O3/c1-19(2)14(21)13-18-15(17-8-12-23-5)16-7-10-20(3)9-6-11-22-4/h6-13H2,1-5H3,(H2,16,17,18). The van der Waals surface area contributed by atoms with Gasteiger partial charge in [0, 0.05) is 61.1 Å². The molecule has 0 aliphatic heterocycles. The van der Waals surface area contributed by atoms with Gasteiger partial charge in [0.25, 0.3) is 0 Å². The van der Waals surface area contributed by atoms with Crippen molar-refractivity contribution in [1.82, 2.24) is 20.4 Å². The molecule has 0 aliphatic rings. The fraction of sp³-hybridized carbons (Fsp3) is 0.867. The molecule has 0 fully saturated rings. The molecule has 8 heteroatoms. The summed E-state index contributed by atoms with van der Waals surface area (Å²) < 4.78 is 10.1. The van der Waals surface area contributed by atoms with E-state index >= 15 is 0 Å². The second kappa shape index (κ2) is 14.2. The third kappa shape index (κ3) is 12.8. The lowest BCUT2D eigenvalue weighted by Gasteiger charge is -2.18. The number of amides is 1. The van der Waals surface area contributed by atoms with Crippen molar-refractivity contribution in [2.24, 2.45) is 4.99 Å². The van der Waals surface area contributed by atoms with Gasteiger partial charge in [-0.2, -0.15) is 0 Å². The maximum absolute atomic E-state index is 11.6. The molecule has 0 aromatic rings. The zero-order valence-electron chi connectivity index (χ0n) is 15.2. The molecular weight excluding hydrogens is 298 g/mol. The van der Waals surface area contributed by atoms with Gasteiger partial charge in [-0.05, 0) is 13.5 Å². The first-order chi connectivity index (χ1) is 11.0. The van der Waals surface area contributed by atoms with Crippen molar-refractivity contribution in [3.63, 3.8) is 0 Å². The number of carbonyl (C=O) groups excluding carboxylic acids is 1. The van der Waals surface area contributed by atoms with Crippen molar-refractivity contribution in [3.8, 4) is 0 Å². The van der Waals surface area contributed by atoms with Gasteiger partial charge in [-0.3, -0.25) is 4.79 Å². The average Bonchev–Trinajstić information content (AvgIpc) is 2.52. The number of guanidine groups is 1. The topological polar surface area (TPSA) is 78.4 Å². The van der Waals surface area contributed by atoms with Crippen molar-refractivity contribution in [2.75, 3.05) is 81.3 Å². The number of ether oxygens (including phenoxy) is 2. The summed E-state index contributed by atoms with van der Waals surface area (Å²) in [5.41, 5.74) is 0. The van der Waals surface area contributed by atoms with Crippen LogP contribution in [-0.4, -0.2) is 103 Å². The fourth-order valence-electron chi connectivity index (χ4n) is 1.69. The maximum atomic E-state index is 11.6. The van der Waals surface area contributed by atoms with E-state index in [1.165, 1.54) is 4.90 Å². The molecule has 1 amide bonds. The third-order valence-electron chi connectivity index (χ3n) is 3.14. The highest BCUT2D eigenvalue weighted by molar-refractivity contribution is 5.84. The zero-order chi connectivity index (χ0) is 17.5. The number of likely N-dealkylation sites (N-methyl/N-ethyl adjacent to an activating group) is 2. The predicted octanol–water partition coefficient (Wildman–Crippen LogP) is -0.775. The summed E-state index contributed by atoms with van der Waals surface area (Å²) in [7, 11) is 8.88. The fourth-order valence-corrected chi connectivity index (χ4v) is 1.69. The Morgan fingerprint density at radius 3 is 2.26 bits per heavy atom. The molecule has 136 valence electrons. The molecule has 23 heavy (non-hydrogen) atoms. The number of hydrogen-bond acceptors (Lipinski definition) is 5. The Hall–Kier alpha value is -1.38. The molecule has 0 spiro atoms. The van der Waals surface area contributed by atoms with Crippen LogP contribution in [0.25, 0.3) is 0 Å². The Morgan fingerprint density at radius 1 is 1.00 bits per heavy atom. The molecule has 0 aromatic carbocycles. The molecular formula is C15H33N5O3. The Labute approximate surface area is 140 Å². The van der Waals surface area contributed by atoms with Crippen LogP contribution in [0.2, 0.25) is 0 Å². The normalized spacial score (nSPS) is 11.7. The van der Waals surface area contributed by atoms with Crippen LogP contribution in [0, 0.1) is 0 Å². The van der Waals surface area contributed by atoms with E-state index in [1.807, 2.05) is 0 Å². The van der Waals surface area contributed by atoms with Crippen LogP contribution in [0.1, 0.15) is 6.42 Å². The van der Waals surface area contributed by atoms with E-state index in [4.69, 9.17) is 9.47 Å². The first-order valence-corrected chi connectivity index (χ1v) is 7.90. The summed E-state index contributed by atoms with van der Waals surface area (Å²) >= 11 is 0. The van der Waals surface area contributed by atoms with E-state index in [-0.39, 0.29) is 12.5 Å². The van der Waals surface area contributed by atoms with E-state index < -0.39 is 0 Å². The molecule has 0 saturated carbocycles. The largest absolute Gasteiger partial charge is 0.385 e. The van der Waals surface area contributed by atoms with Crippen molar-refractivity contribution in [1.29, 1.82) is 0 Å². The van der Waals surface area contributed by atoms with Crippen LogP contribution in [-0.2, 0) is 14.3 Å². The Morgan fingerprint density at radius 2 is 1.65 bits per heavy atom. The summed E-state index contributed by atoms with van der Waals surface area (Å²) in [6.07, 6.45) is 1.01. The molecule has 0 bridgehead atoms. The van der Waals surface area contributed by atoms with Crippen LogP contribution >= 0.6 is 0 Å². The molecule has 0 rings (SSSR count). The Bertz CT molecular complexity index is 337. The Kier molecular flexibility index (Phi) is 13.4. The van der Waals surface area contributed by atoms with Crippen molar-refractivity contribution < 1.29 is 14.3 Å². The van der Waals surface area contributed by atoms with Crippen molar-refractivity contribution in [3.05, 3.63) is 0 Å². The molecule has 2 N–H and O–H groups in total.